The molecule has 0 amide bonds. The molecule has 0 saturated carbocycles. The average Bonchev–Trinajstić information content (AvgIpc) is 2.41. The SMILES string of the molecule is NC(Cc1ccccc1Br)c1cccc(OC(F)F)c1. The predicted octanol–water partition coefficient (Wildman–Crippen LogP) is 4.29. The quantitative estimate of drug-likeness (QED) is 0.880. The molecular weight excluding hydrogens is 328 g/mol. The van der Waals surface area contributed by atoms with E-state index in [-0.39, 0.29) is 11.8 Å². The summed E-state index contributed by atoms with van der Waals surface area (Å²) in [5.74, 6) is 0.125. The Morgan fingerprint density at radius 3 is 2.55 bits per heavy atom. The molecule has 0 saturated heterocycles. The molecule has 1 unspecified atom stereocenters. The van der Waals surface area contributed by atoms with Gasteiger partial charge in [-0.05, 0) is 35.7 Å². The summed E-state index contributed by atoms with van der Waals surface area (Å²) in [5, 5.41) is 0. The maximum absolute atomic E-state index is 12.2. The van der Waals surface area contributed by atoms with Gasteiger partial charge in [0.2, 0.25) is 0 Å². The van der Waals surface area contributed by atoms with Gasteiger partial charge in [0.25, 0.3) is 0 Å². The second-order valence-electron chi connectivity index (χ2n) is 4.35. The smallest absolute Gasteiger partial charge is 0.387 e. The summed E-state index contributed by atoms with van der Waals surface area (Å²) in [6.45, 7) is -2.83. The minimum absolute atomic E-state index is 0.125. The molecule has 20 heavy (non-hydrogen) atoms. The maximum Gasteiger partial charge on any atom is 0.387 e. The summed E-state index contributed by atoms with van der Waals surface area (Å²) in [7, 11) is 0. The molecule has 2 nitrogen and oxygen atoms in total. The zero-order valence-electron chi connectivity index (χ0n) is 10.6. The largest absolute Gasteiger partial charge is 0.435 e. The first-order valence-corrected chi connectivity index (χ1v) is 6.89. The van der Waals surface area contributed by atoms with Gasteiger partial charge in [-0.2, -0.15) is 8.78 Å². The second kappa shape index (κ2) is 6.81. The van der Waals surface area contributed by atoms with Crippen molar-refractivity contribution >= 4 is 15.9 Å². The van der Waals surface area contributed by atoms with Crippen molar-refractivity contribution in [3.8, 4) is 5.75 Å². The topological polar surface area (TPSA) is 35.2 Å². The van der Waals surface area contributed by atoms with Crippen LogP contribution in [0.3, 0.4) is 0 Å². The molecular formula is C15H14BrF2NO. The number of alkyl halides is 2. The maximum atomic E-state index is 12.2. The van der Waals surface area contributed by atoms with Gasteiger partial charge < -0.3 is 10.5 Å². The Morgan fingerprint density at radius 1 is 1.10 bits per heavy atom. The third-order valence-electron chi connectivity index (χ3n) is 2.91. The summed E-state index contributed by atoms with van der Waals surface area (Å²) < 4.78 is 29.7. The van der Waals surface area contributed by atoms with E-state index >= 15 is 0 Å². The van der Waals surface area contributed by atoms with Crippen molar-refractivity contribution in [3.63, 3.8) is 0 Å². The van der Waals surface area contributed by atoms with E-state index in [1.54, 1.807) is 18.2 Å². The average molecular weight is 342 g/mol. The van der Waals surface area contributed by atoms with Crippen molar-refractivity contribution in [1.82, 2.24) is 0 Å². The summed E-state index contributed by atoms with van der Waals surface area (Å²) in [6.07, 6.45) is 0.611. The summed E-state index contributed by atoms with van der Waals surface area (Å²) >= 11 is 3.47. The molecule has 0 aliphatic heterocycles. The molecule has 0 heterocycles. The number of ether oxygens (including phenoxy) is 1. The number of nitrogens with two attached hydrogens (primary N) is 1. The summed E-state index contributed by atoms with van der Waals surface area (Å²) in [6, 6.07) is 14.0. The van der Waals surface area contributed by atoms with Crippen molar-refractivity contribution in [2.45, 2.75) is 19.1 Å². The molecule has 0 aromatic heterocycles. The van der Waals surface area contributed by atoms with E-state index in [4.69, 9.17) is 5.73 Å². The third kappa shape index (κ3) is 4.02. The molecule has 5 heteroatoms. The number of hydrogen-bond acceptors (Lipinski definition) is 2. The van der Waals surface area contributed by atoms with Crippen LogP contribution in [0.2, 0.25) is 0 Å². The second-order valence-corrected chi connectivity index (χ2v) is 5.21. The molecule has 0 radical (unpaired) electrons. The number of rotatable bonds is 5. The van der Waals surface area contributed by atoms with Crippen molar-refractivity contribution in [2.24, 2.45) is 5.73 Å². The fourth-order valence-corrected chi connectivity index (χ4v) is 2.39. The zero-order chi connectivity index (χ0) is 14.5. The Balaban J connectivity index is 2.13. The number of hydrogen-bond donors (Lipinski definition) is 1. The first-order valence-electron chi connectivity index (χ1n) is 6.10. The van der Waals surface area contributed by atoms with Gasteiger partial charge in [-0.25, -0.2) is 0 Å². The predicted molar refractivity (Wildman–Crippen MR) is 77.8 cm³/mol. The van der Waals surface area contributed by atoms with Crippen LogP contribution in [0.25, 0.3) is 0 Å². The lowest BCUT2D eigenvalue weighted by Gasteiger charge is -2.14. The van der Waals surface area contributed by atoms with E-state index in [2.05, 4.69) is 20.7 Å². The highest BCUT2D eigenvalue weighted by Gasteiger charge is 2.11. The van der Waals surface area contributed by atoms with E-state index in [1.807, 2.05) is 24.3 Å². The molecule has 106 valence electrons. The molecule has 1 atom stereocenters. The molecule has 0 bridgehead atoms. The summed E-state index contributed by atoms with van der Waals surface area (Å²) in [5.41, 5.74) is 7.96. The standard InChI is InChI=1S/C15H14BrF2NO/c16-13-7-2-1-4-10(13)9-14(19)11-5-3-6-12(8-11)20-15(17)18/h1-8,14-15H,9,19H2. The van der Waals surface area contributed by atoms with E-state index in [1.165, 1.54) is 6.07 Å². The lowest BCUT2D eigenvalue weighted by Crippen LogP contribution is -2.14. The highest BCUT2D eigenvalue weighted by Crippen LogP contribution is 2.25. The Labute approximate surface area is 124 Å². The van der Waals surface area contributed by atoms with Crippen molar-refractivity contribution in [2.75, 3.05) is 0 Å². The van der Waals surface area contributed by atoms with Gasteiger partial charge in [-0.15, -0.1) is 0 Å². The first-order chi connectivity index (χ1) is 9.56. The van der Waals surface area contributed by atoms with Gasteiger partial charge in [0.05, 0.1) is 0 Å². The van der Waals surface area contributed by atoms with Crippen LogP contribution in [0.15, 0.2) is 53.0 Å². The van der Waals surface area contributed by atoms with E-state index < -0.39 is 6.61 Å². The highest BCUT2D eigenvalue weighted by molar-refractivity contribution is 9.10. The fourth-order valence-electron chi connectivity index (χ4n) is 1.94. The van der Waals surface area contributed by atoms with Gasteiger partial charge in [0.15, 0.2) is 0 Å². The fraction of sp³-hybridized carbons (Fsp3) is 0.200. The van der Waals surface area contributed by atoms with E-state index in [9.17, 15) is 8.78 Å². The number of benzene rings is 2. The monoisotopic (exact) mass is 341 g/mol. The van der Waals surface area contributed by atoms with Crippen LogP contribution in [-0.4, -0.2) is 6.61 Å². The van der Waals surface area contributed by atoms with Gasteiger partial charge in [0, 0.05) is 10.5 Å². The molecule has 2 rings (SSSR count). The van der Waals surface area contributed by atoms with Gasteiger partial charge in [-0.3, -0.25) is 0 Å². The van der Waals surface area contributed by atoms with Crippen molar-refractivity contribution in [1.29, 1.82) is 0 Å². The minimum Gasteiger partial charge on any atom is -0.435 e. The van der Waals surface area contributed by atoms with Crippen LogP contribution in [0.5, 0.6) is 5.75 Å². The van der Waals surface area contributed by atoms with Gasteiger partial charge >= 0.3 is 6.61 Å². The Bertz CT molecular complexity index is 577. The molecule has 0 aliphatic rings. The Morgan fingerprint density at radius 2 is 1.85 bits per heavy atom. The Hall–Kier alpha value is -1.46. The normalized spacial score (nSPS) is 12.4. The first kappa shape index (κ1) is 14.9. The lowest BCUT2D eigenvalue weighted by molar-refractivity contribution is -0.0498. The van der Waals surface area contributed by atoms with Crippen molar-refractivity contribution < 1.29 is 13.5 Å². The van der Waals surface area contributed by atoms with Crippen molar-refractivity contribution in [3.05, 3.63) is 64.1 Å². The number of halogens is 3. The van der Waals surface area contributed by atoms with E-state index in [0.717, 1.165) is 15.6 Å². The van der Waals surface area contributed by atoms with Crippen LogP contribution in [0, 0.1) is 0 Å². The molecule has 2 aromatic carbocycles. The lowest BCUT2D eigenvalue weighted by atomic mass is 9.99. The van der Waals surface area contributed by atoms with Crippen LogP contribution in [0.4, 0.5) is 8.78 Å². The molecule has 0 fully saturated rings. The molecule has 0 aliphatic carbocycles. The molecule has 0 spiro atoms. The minimum atomic E-state index is -2.83. The van der Waals surface area contributed by atoms with Crippen LogP contribution < -0.4 is 10.5 Å². The van der Waals surface area contributed by atoms with E-state index in [0.29, 0.717) is 6.42 Å². The molecule has 2 aromatic rings. The Kier molecular flexibility index (Phi) is 5.09. The third-order valence-corrected chi connectivity index (χ3v) is 3.68. The highest BCUT2D eigenvalue weighted by atomic mass is 79.9. The van der Waals surface area contributed by atoms with Crippen LogP contribution in [0.1, 0.15) is 17.2 Å². The van der Waals surface area contributed by atoms with Crippen LogP contribution >= 0.6 is 15.9 Å². The van der Waals surface area contributed by atoms with Gasteiger partial charge in [0.1, 0.15) is 5.75 Å². The summed E-state index contributed by atoms with van der Waals surface area (Å²) in [4.78, 5) is 0. The zero-order valence-corrected chi connectivity index (χ0v) is 12.2. The van der Waals surface area contributed by atoms with Crippen LogP contribution in [-0.2, 0) is 6.42 Å². The van der Waals surface area contributed by atoms with Gasteiger partial charge in [-0.1, -0.05) is 46.3 Å². The molecule has 2 N–H and O–H groups in total.